The molecule has 0 aliphatic heterocycles. The molecule has 1 rings (SSSR count). The molecule has 1 aromatic rings. The molecule has 112 valence electrons. The van der Waals surface area contributed by atoms with E-state index in [-0.39, 0.29) is 22.1 Å². The van der Waals surface area contributed by atoms with Crippen molar-refractivity contribution in [3.63, 3.8) is 0 Å². The molecule has 1 amide bonds. The van der Waals surface area contributed by atoms with Gasteiger partial charge in [0.15, 0.2) is 0 Å². The summed E-state index contributed by atoms with van der Waals surface area (Å²) in [5.41, 5.74) is 0.202. The van der Waals surface area contributed by atoms with Gasteiger partial charge in [0.2, 0.25) is 10.0 Å². The SMILES string of the molecule is CN(C)S(=O)(=O)c1cc(C(=O)NCCCO)ccc1Cl. The number of aliphatic hydroxyl groups is 1. The number of hydrogen-bond acceptors (Lipinski definition) is 4. The molecule has 0 fully saturated rings. The van der Waals surface area contributed by atoms with Gasteiger partial charge in [0.1, 0.15) is 4.90 Å². The summed E-state index contributed by atoms with van der Waals surface area (Å²) in [6.45, 7) is 0.287. The van der Waals surface area contributed by atoms with E-state index in [1.807, 2.05) is 0 Å². The highest BCUT2D eigenvalue weighted by Gasteiger charge is 2.22. The number of nitrogens with zero attached hydrogens (tertiary/aromatic N) is 1. The number of amides is 1. The molecule has 0 heterocycles. The van der Waals surface area contributed by atoms with Gasteiger partial charge in [-0.15, -0.1) is 0 Å². The van der Waals surface area contributed by atoms with Gasteiger partial charge in [-0.3, -0.25) is 4.79 Å². The number of benzene rings is 1. The van der Waals surface area contributed by atoms with E-state index in [9.17, 15) is 13.2 Å². The van der Waals surface area contributed by atoms with Crippen molar-refractivity contribution in [3.8, 4) is 0 Å². The first-order chi connectivity index (χ1) is 9.30. The van der Waals surface area contributed by atoms with Crippen molar-refractivity contribution in [2.75, 3.05) is 27.2 Å². The van der Waals surface area contributed by atoms with E-state index in [1.54, 1.807) is 0 Å². The lowest BCUT2D eigenvalue weighted by molar-refractivity contribution is 0.0951. The summed E-state index contributed by atoms with van der Waals surface area (Å²) in [6.07, 6.45) is 0.433. The van der Waals surface area contributed by atoms with Crippen LogP contribution >= 0.6 is 11.6 Å². The van der Waals surface area contributed by atoms with Gasteiger partial charge in [-0.1, -0.05) is 11.6 Å². The van der Waals surface area contributed by atoms with Crippen LogP contribution in [0, 0.1) is 0 Å². The Morgan fingerprint density at radius 3 is 2.60 bits per heavy atom. The van der Waals surface area contributed by atoms with Gasteiger partial charge in [-0.05, 0) is 24.6 Å². The largest absolute Gasteiger partial charge is 0.396 e. The molecule has 0 unspecified atom stereocenters. The highest BCUT2D eigenvalue weighted by atomic mass is 35.5. The van der Waals surface area contributed by atoms with Gasteiger partial charge in [-0.2, -0.15) is 0 Å². The average molecular weight is 321 g/mol. The van der Waals surface area contributed by atoms with Crippen molar-refractivity contribution in [1.29, 1.82) is 0 Å². The lowest BCUT2D eigenvalue weighted by Gasteiger charge is -2.13. The van der Waals surface area contributed by atoms with Gasteiger partial charge in [0.05, 0.1) is 5.02 Å². The molecule has 6 nitrogen and oxygen atoms in total. The van der Waals surface area contributed by atoms with Crippen LogP contribution in [-0.4, -0.2) is 51.0 Å². The van der Waals surface area contributed by atoms with Crippen LogP contribution in [0.1, 0.15) is 16.8 Å². The van der Waals surface area contributed by atoms with Gasteiger partial charge >= 0.3 is 0 Å². The van der Waals surface area contributed by atoms with Crippen LogP contribution in [0.15, 0.2) is 23.1 Å². The maximum atomic E-state index is 12.1. The number of carbonyl (C=O) groups excluding carboxylic acids is 1. The maximum Gasteiger partial charge on any atom is 0.251 e. The van der Waals surface area contributed by atoms with E-state index < -0.39 is 15.9 Å². The van der Waals surface area contributed by atoms with Gasteiger partial charge in [0.25, 0.3) is 5.91 Å². The molecular weight excluding hydrogens is 304 g/mol. The van der Waals surface area contributed by atoms with Crippen molar-refractivity contribution in [1.82, 2.24) is 9.62 Å². The Kier molecular flexibility index (Phi) is 5.94. The summed E-state index contributed by atoms with van der Waals surface area (Å²) in [7, 11) is -0.930. The molecule has 20 heavy (non-hydrogen) atoms. The maximum absolute atomic E-state index is 12.1. The number of sulfonamides is 1. The predicted octanol–water partition coefficient (Wildman–Crippen LogP) is 0.703. The van der Waals surface area contributed by atoms with E-state index in [4.69, 9.17) is 16.7 Å². The molecular formula is C12H17ClN2O4S. The topological polar surface area (TPSA) is 86.7 Å². The molecule has 0 aliphatic rings. The van der Waals surface area contributed by atoms with E-state index in [0.717, 1.165) is 4.31 Å². The number of halogens is 1. The molecule has 0 saturated heterocycles. The lowest BCUT2D eigenvalue weighted by atomic mass is 10.2. The van der Waals surface area contributed by atoms with E-state index in [2.05, 4.69) is 5.32 Å². The zero-order valence-corrected chi connectivity index (χ0v) is 12.8. The zero-order chi connectivity index (χ0) is 15.3. The van der Waals surface area contributed by atoms with Crippen LogP contribution in [0.3, 0.4) is 0 Å². The normalized spacial score (nSPS) is 11.7. The number of carbonyl (C=O) groups is 1. The van der Waals surface area contributed by atoms with Crippen molar-refractivity contribution < 1.29 is 18.3 Å². The average Bonchev–Trinajstić information content (AvgIpc) is 2.38. The smallest absolute Gasteiger partial charge is 0.251 e. The van der Waals surface area contributed by atoms with Crippen molar-refractivity contribution in [3.05, 3.63) is 28.8 Å². The highest BCUT2D eigenvalue weighted by Crippen LogP contribution is 2.24. The molecule has 0 radical (unpaired) electrons. The van der Waals surface area contributed by atoms with E-state index in [1.165, 1.54) is 32.3 Å². The Balaban J connectivity index is 3.06. The Bertz CT molecular complexity index is 587. The van der Waals surface area contributed by atoms with E-state index >= 15 is 0 Å². The fraction of sp³-hybridized carbons (Fsp3) is 0.417. The Labute approximate surface area is 123 Å². The van der Waals surface area contributed by atoms with Gasteiger partial charge in [0, 0.05) is 32.8 Å². The second-order valence-electron chi connectivity index (χ2n) is 4.27. The minimum Gasteiger partial charge on any atom is -0.396 e. The highest BCUT2D eigenvalue weighted by molar-refractivity contribution is 7.89. The van der Waals surface area contributed by atoms with E-state index in [0.29, 0.717) is 13.0 Å². The fourth-order valence-electron chi connectivity index (χ4n) is 1.42. The quantitative estimate of drug-likeness (QED) is 0.756. The fourth-order valence-corrected chi connectivity index (χ4v) is 2.82. The summed E-state index contributed by atoms with van der Waals surface area (Å²) in [6, 6.07) is 4.07. The first-order valence-corrected chi connectivity index (χ1v) is 7.73. The van der Waals surface area contributed by atoms with Gasteiger partial charge in [-0.25, -0.2) is 12.7 Å². The third kappa shape index (κ3) is 3.92. The molecule has 0 spiro atoms. The minimum absolute atomic E-state index is 0.0266. The number of rotatable bonds is 6. The second-order valence-corrected chi connectivity index (χ2v) is 6.79. The summed E-state index contributed by atoms with van der Waals surface area (Å²) in [4.78, 5) is 11.7. The summed E-state index contributed by atoms with van der Waals surface area (Å²) in [5, 5.41) is 11.3. The van der Waals surface area contributed by atoms with Crippen LogP contribution in [-0.2, 0) is 10.0 Å². The summed E-state index contributed by atoms with van der Waals surface area (Å²) >= 11 is 5.89. The van der Waals surface area contributed by atoms with Crippen molar-refractivity contribution in [2.24, 2.45) is 0 Å². The molecule has 8 heteroatoms. The van der Waals surface area contributed by atoms with Crippen LogP contribution < -0.4 is 5.32 Å². The molecule has 2 N–H and O–H groups in total. The third-order valence-electron chi connectivity index (χ3n) is 2.57. The predicted molar refractivity (Wildman–Crippen MR) is 76.4 cm³/mol. The first kappa shape index (κ1) is 16.9. The van der Waals surface area contributed by atoms with Crippen LogP contribution in [0.2, 0.25) is 5.02 Å². The van der Waals surface area contributed by atoms with Gasteiger partial charge < -0.3 is 10.4 Å². The molecule has 0 saturated carbocycles. The van der Waals surface area contributed by atoms with Crippen LogP contribution in [0.4, 0.5) is 0 Å². The Morgan fingerprint density at radius 2 is 2.05 bits per heavy atom. The number of nitrogens with one attached hydrogen (secondary N) is 1. The third-order valence-corrected chi connectivity index (χ3v) is 4.87. The Morgan fingerprint density at radius 1 is 1.40 bits per heavy atom. The molecule has 0 atom stereocenters. The lowest BCUT2D eigenvalue weighted by Crippen LogP contribution is -2.26. The zero-order valence-electron chi connectivity index (χ0n) is 11.3. The van der Waals surface area contributed by atoms with Crippen molar-refractivity contribution in [2.45, 2.75) is 11.3 Å². The molecule has 1 aromatic carbocycles. The monoisotopic (exact) mass is 320 g/mol. The summed E-state index contributed by atoms with van der Waals surface area (Å²) in [5.74, 6) is -0.412. The van der Waals surface area contributed by atoms with Crippen LogP contribution in [0.25, 0.3) is 0 Å². The molecule has 0 aliphatic carbocycles. The standard InChI is InChI=1S/C12H17ClN2O4S/c1-15(2)20(18,19)11-8-9(4-5-10(11)13)12(17)14-6-3-7-16/h4-5,8,16H,3,6-7H2,1-2H3,(H,14,17). The van der Waals surface area contributed by atoms with Crippen LogP contribution in [0.5, 0.6) is 0 Å². The second kappa shape index (κ2) is 7.03. The Hall–Kier alpha value is -1.15. The molecule has 0 aromatic heterocycles. The minimum atomic E-state index is -3.71. The summed E-state index contributed by atoms with van der Waals surface area (Å²) < 4.78 is 25.2. The number of aliphatic hydroxyl groups excluding tert-OH is 1. The first-order valence-electron chi connectivity index (χ1n) is 5.92. The number of hydrogen-bond donors (Lipinski definition) is 2. The molecule has 0 bridgehead atoms. The van der Waals surface area contributed by atoms with Crippen molar-refractivity contribution >= 4 is 27.5 Å².